The fraction of sp³-hybridized carbons (Fsp3) is 0.167. The van der Waals surface area contributed by atoms with E-state index < -0.39 is 11.2 Å². The van der Waals surface area contributed by atoms with Gasteiger partial charge in [0.15, 0.2) is 11.9 Å². The molecule has 2 heterocycles. The number of aryl methyl sites for hydroxylation is 1. The Labute approximate surface area is 236 Å². The third kappa shape index (κ3) is 4.15. The molecule has 0 aliphatic rings. The summed E-state index contributed by atoms with van der Waals surface area (Å²) in [7, 11) is 1.69. The SMILES string of the molecule is [2H]c1c(F)c(C(C)(C)C)c([2H])[n+](C)c1-c1c(C)ccc2c1oc1c(-c3ccc(-c4ccccc4)cc3)ccc([N+]#[C-])c12. The standard InChI is InChI=1S/C36H30FN2O/c1-22-12-17-27-33-30(38-5)19-18-26(25-15-13-24(14-16-25)23-10-8-7-9-11-23)34(33)40-35(27)32(22)31-20-29(37)28(21-39(31)6)36(2,3)4/h7-21H,1-4,6H3/q+1/i20D,21D. The molecule has 0 amide bonds. The second kappa shape index (κ2) is 9.47. The van der Waals surface area contributed by atoms with Crippen molar-refractivity contribution < 1.29 is 16.1 Å². The number of hydrogen-bond acceptors (Lipinski definition) is 1. The Morgan fingerprint density at radius 1 is 0.875 bits per heavy atom. The predicted octanol–water partition coefficient (Wildman–Crippen LogP) is 9.71. The number of pyridine rings is 1. The molecule has 0 saturated carbocycles. The summed E-state index contributed by atoms with van der Waals surface area (Å²) >= 11 is 0. The first kappa shape index (κ1) is 23.2. The molecule has 3 nitrogen and oxygen atoms in total. The Kier molecular flexibility index (Phi) is 5.48. The molecule has 0 atom stereocenters. The zero-order valence-electron chi connectivity index (χ0n) is 25.2. The summed E-state index contributed by atoms with van der Waals surface area (Å²) in [5.41, 5.74) is 6.62. The fourth-order valence-electron chi connectivity index (χ4n) is 5.36. The highest BCUT2D eigenvalue weighted by molar-refractivity contribution is 6.18. The molecular formula is C36H30FN2O+. The van der Waals surface area contributed by atoms with Gasteiger partial charge in [-0.2, -0.15) is 0 Å². The zero-order valence-corrected chi connectivity index (χ0v) is 23.2. The molecule has 40 heavy (non-hydrogen) atoms. The Morgan fingerprint density at radius 3 is 2.23 bits per heavy atom. The van der Waals surface area contributed by atoms with E-state index in [2.05, 4.69) is 29.1 Å². The first-order valence-corrected chi connectivity index (χ1v) is 13.2. The molecular weight excluding hydrogens is 495 g/mol. The molecule has 0 saturated heterocycles. The van der Waals surface area contributed by atoms with Gasteiger partial charge in [-0.15, -0.1) is 0 Å². The topological polar surface area (TPSA) is 21.4 Å². The molecule has 2 aromatic heterocycles. The van der Waals surface area contributed by atoms with Crippen LogP contribution < -0.4 is 4.57 Å². The minimum atomic E-state index is -0.700. The molecule has 0 N–H and O–H groups in total. The highest BCUT2D eigenvalue weighted by atomic mass is 19.1. The maximum absolute atomic E-state index is 15.8. The summed E-state index contributed by atoms with van der Waals surface area (Å²) < 4.78 is 41.7. The monoisotopic (exact) mass is 527 g/mol. The van der Waals surface area contributed by atoms with Crippen molar-refractivity contribution in [3.8, 4) is 33.5 Å². The predicted molar refractivity (Wildman–Crippen MR) is 161 cm³/mol. The third-order valence-corrected chi connectivity index (χ3v) is 7.45. The Bertz CT molecular complexity index is 2040. The third-order valence-electron chi connectivity index (χ3n) is 7.45. The van der Waals surface area contributed by atoms with Crippen LogP contribution in [0.2, 0.25) is 0 Å². The van der Waals surface area contributed by atoms with Crippen LogP contribution >= 0.6 is 0 Å². The van der Waals surface area contributed by atoms with E-state index in [0.717, 1.165) is 27.8 Å². The lowest BCUT2D eigenvalue weighted by molar-refractivity contribution is -0.661. The summed E-state index contributed by atoms with van der Waals surface area (Å²) in [6.45, 7) is 15.3. The first-order chi connectivity index (χ1) is 20.0. The van der Waals surface area contributed by atoms with E-state index >= 15 is 4.39 Å². The number of furan rings is 1. The van der Waals surface area contributed by atoms with Crippen molar-refractivity contribution in [1.29, 1.82) is 0 Å². The van der Waals surface area contributed by atoms with Crippen molar-refractivity contribution in [2.45, 2.75) is 33.1 Å². The lowest BCUT2D eigenvalue weighted by atomic mass is 9.87. The van der Waals surface area contributed by atoms with Crippen LogP contribution in [0, 0.1) is 19.3 Å². The van der Waals surface area contributed by atoms with Crippen molar-refractivity contribution in [3.63, 3.8) is 0 Å². The minimum Gasteiger partial charge on any atom is -0.456 e. The van der Waals surface area contributed by atoms with Crippen LogP contribution in [0.4, 0.5) is 10.1 Å². The molecule has 196 valence electrons. The van der Waals surface area contributed by atoms with Crippen LogP contribution in [0.3, 0.4) is 0 Å². The molecule has 6 rings (SSSR count). The van der Waals surface area contributed by atoms with Gasteiger partial charge in [0, 0.05) is 22.4 Å². The highest BCUT2D eigenvalue weighted by Gasteiger charge is 2.28. The van der Waals surface area contributed by atoms with E-state index in [4.69, 9.17) is 13.7 Å². The first-order valence-electron chi connectivity index (χ1n) is 14.2. The van der Waals surface area contributed by atoms with Crippen LogP contribution in [0.1, 0.15) is 34.6 Å². The second-order valence-electron chi connectivity index (χ2n) is 11.2. The van der Waals surface area contributed by atoms with Gasteiger partial charge in [-0.05, 0) is 34.6 Å². The lowest BCUT2D eigenvalue weighted by Crippen LogP contribution is -2.34. The van der Waals surface area contributed by atoms with Gasteiger partial charge < -0.3 is 4.42 Å². The molecule has 0 aliphatic carbocycles. The van der Waals surface area contributed by atoms with Gasteiger partial charge in [-0.25, -0.2) is 13.8 Å². The molecule has 0 unspecified atom stereocenters. The van der Waals surface area contributed by atoms with Gasteiger partial charge >= 0.3 is 0 Å². The van der Waals surface area contributed by atoms with Crippen LogP contribution in [-0.2, 0) is 12.5 Å². The van der Waals surface area contributed by atoms with Gasteiger partial charge in [0.2, 0.25) is 5.69 Å². The van der Waals surface area contributed by atoms with E-state index in [1.807, 2.05) is 76.2 Å². The normalized spacial score (nSPS) is 12.4. The van der Waals surface area contributed by atoms with Gasteiger partial charge in [0.05, 0.1) is 19.1 Å². The molecule has 0 fully saturated rings. The Hall–Kier alpha value is -4.75. The minimum absolute atomic E-state index is 0.0135. The number of aromatic nitrogens is 1. The zero-order chi connectivity index (χ0) is 29.9. The smallest absolute Gasteiger partial charge is 0.219 e. The van der Waals surface area contributed by atoms with E-state index in [1.165, 1.54) is 0 Å². The van der Waals surface area contributed by atoms with Gasteiger partial charge in [0.25, 0.3) is 0 Å². The Morgan fingerprint density at radius 2 is 1.55 bits per heavy atom. The maximum atomic E-state index is 15.8. The summed E-state index contributed by atoms with van der Waals surface area (Å²) in [6.07, 6.45) is 0.0135. The van der Waals surface area contributed by atoms with Crippen LogP contribution in [0.25, 0.3) is 60.3 Å². The van der Waals surface area contributed by atoms with E-state index in [-0.39, 0.29) is 23.5 Å². The average molecular weight is 528 g/mol. The van der Waals surface area contributed by atoms with Crippen LogP contribution in [0.15, 0.2) is 95.5 Å². The average Bonchev–Trinajstić information content (AvgIpc) is 3.36. The maximum Gasteiger partial charge on any atom is 0.219 e. The summed E-state index contributed by atoms with van der Waals surface area (Å²) in [5.74, 6) is -0.700. The van der Waals surface area contributed by atoms with Gasteiger partial charge in [0.1, 0.15) is 25.4 Å². The number of benzene rings is 4. The number of rotatable bonds is 3. The van der Waals surface area contributed by atoms with Crippen molar-refractivity contribution in [2.24, 2.45) is 7.05 Å². The van der Waals surface area contributed by atoms with Gasteiger partial charge in [-0.3, -0.25) is 0 Å². The quantitative estimate of drug-likeness (QED) is 0.166. The summed E-state index contributed by atoms with van der Waals surface area (Å²) in [6, 6.07) is 25.6. The second-order valence-corrected chi connectivity index (χ2v) is 11.2. The summed E-state index contributed by atoms with van der Waals surface area (Å²) in [4.78, 5) is 3.79. The number of fused-ring (bicyclic) bond motifs is 3. The van der Waals surface area contributed by atoms with Crippen molar-refractivity contribution in [2.75, 3.05) is 0 Å². The van der Waals surface area contributed by atoms with E-state index in [9.17, 15) is 0 Å². The van der Waals surface area contributed by atoms with Crippen LogP contribution in [-0.4, -0.2) is 0 Å². The molecule has 0 bridgehead atoms. The molecule has 4 aromatic carbocycles. The molecule has 0 spiro atoms. The molecule has 6 aromatic rings. The molecule has 4 heteroatoms. The Balaban J connectivity index is 1.64. The number of halogens is 1. The molecule has 0 radical (unpaired) electrons. The van der Waals surface area contributed by atoms with E-state index in [1.54, 1.807) is 17.7 Å². The lowest BCUT2D eigenvalue weighted by Gasteiger charge is -2.18. The highest BCUT2D eigenvalue weighted by Crippen LogP contribution is 2.45. The van der Waals surface area contributed by atoms with Crippen molar-refractivity contribution >= 4 is 27.6 Å². The van der Waals surface area contributed by atoms with E-state index in [0.29, 0.717) is 33.2 Å². The molecule has 0 aliphatic heterocycles. The van der Waals surface area contributed by atoms with Crippen molar-refractivity contribution in [1.82, 2.24) is 0 Å². The van der Waals surface area contributed by atoms with Crippen molar-refractivity contribution in [3.05, 3.63) is 119 Å². The largest absolute Gasteiger partial charge is 0.456 e. The fourth-order valence-corrected chi connectivity index (χ4v) is 5.36. The summed E-state index contributed by atoms with van der Waals surface area (Å²) in [5, 5.41) is 1.39. The number of hydrogen-bond donors (Lipinski definition) is 0. The van der Waals surface area contributed by atoms with Crippen LogP contribution in [0.5, 0.6) is 0 Å². The van der Waals surface area contributed by atoms with Gasteiger partial charge in [-0.1, -0.05) is 99.6 Å². The number of nitrogens with zero attached hydrogens (tertiary/aromatic N) is 2.